The van der Waals surface area contributed by atoms with Crippen LogP contribution in [-0.4, -0.2) is 17.6 Å². The van der Waals surface area contributed by atoms with Crippen molar-refractivity contribution in [2.75, 3.05) is 0 Å². The maximum absolute atomic E-state index is 12.3. The number of halogens is 2. The molecule has 0 aromatic heterocycles. The van der Waals surface area contributed by atoms with Crippen molar-refractivity contribution in [2.45, 2.75) is 44.3 Å². The minimum atomic E-state index is -1.90. The third-order valence-corrected chi connectivity index (χ3v) is 2.76. The molecule has 1 amide bonds. The first kappa shape index (κ1) is 10.8. The maximum Gasteiger partial charge on any atom is 0.270 e. The molecule has 1 aliphatic rings. The van der Waals surface area contributed by atoms with Crippen molar-refractivity contribution in [3.8, 4) is 0 Å². The van der Waals surface area contributed by atoms with Gasteiger partial charge >= 0.3 is 0 Å². The van der Waals surface area contributed by atoms with Gasteiger partial charge in [-0.2, -0.15) is 0 Å². The lowest BCUT2D eigenvalue weighted by molar-refractivity contribution is -0.124. The predicted molar refractivity (Wildman–Crippen MR) is 50.3 cm³/mol. The Balaban J connectivity index is 2.26. The molecule has 1 unspecified atom stereocenters. The van der Waals surface area contributed by atoms with Gasteiger partial charge in [-0.1, -0.05) is 18.5 Å². The van der Waals surface area contributed by atoms with E-state index in [1.165, 1.54) is 0 Å². The number of carbonyl (C=O) groups is 1. The summed E-state index contributed by atoms with van der Waals surface area (Å²) >= 11 is 5.00. The van der Waals surface area contributed by atoms with Crippen molar-refractivity contribution >= 4 is 17.5 Å². The minimum Gasteiger partial charge on any atom is -0.350 e. The fraction of sp³-hybridized carbons (Fsp3) is 0.889. The monoisotopic (exact) mass is 207 g/mol. The van der Waals surface area contributed by atoms with E-state index in [9.17, 15) is 9.18 Å². The Morgan fingerprint density at radius 3 is 2.46 bits per heavy atom. The average Bonchev–Trinajstić information content (AvgIpc) is 2.08. The molecule has 2 nitrogen and oxygen atoms in total. The van der Waals surface area contributed by atoms with Crippen LogP contribution in [0.4, 0.5) is 4.39 Å². The van der Waals surface area contributed by atoms with E-state index in [0.29, 0.717) is 0 Å². The van der Waals surface area contributed by atoms with Gasteiger partial charge in [0.1, 0.15) is 0 Å². The van der Waals surface area contributed by atoms with E-state index < -0.39 is 11.5 Å². The van der Waals surface area contributed by atoms with Crippen LogP contribution in [0.1, 0.15) is 32.6 Å². The summed E-state index contributed by atoms with van der Waals surface area (Å²) in [6.45, 7) is 2.19. The lowest BCUT2D eigenvalue weighted by atomic mass is 9.87. The first-order chi connectivity index (χ1) is 6.09. The largest absolute Gasteiger partial charge is 0.350 e. The van der Waals surface area contributed by atoms with Gasteiger partial charge in [-0.05, 0) is 31.6 Å². The molecule has 76 valence electrons. The Morgan fingerprint density at radius 1 is 1.46 bits per heavy atom. The van der Waals surface area contributed by atoms with Gasteiger partial charge in [0.15, 0.2) is 0 Å². The van der Waals surface area contributed by atoms with Gasteiger partial charge in [0, 0.05) is 6.04 Å². The van der Waals surface area contributed by atoms with Gasteiger partial charge in [-0.3, -0.25) is 4.79 Å². The van der Waals surface area contributed by atoms with Crippen LogP contribution < -0.4 is 5.32 Å². The smallest absolute Gasteiger partial charge is 0.270 e. The van der Waals surface area contributed by atoms with Gasteiger partial charge in [-0.15, -0.1) is 0 Å². The molecule has 1 aliphatic carbocycles. The topological polar surface area (TPSA) is 29.1 Å². The zero-order chi connectivity index (χ0) is 9.84. The quantitative estimate of drug-likeness (QED) is 0.692. The number of alkyl halides is 2. The number of amides is 1. The lowest BCUT2D eigenvalue weighted by Gasteiger charge is -2.26. The molecule has 13 heavy (non-hydrogen) atoms. The second-order valence-electron chi connectivity index (χ2n) is 3.77. The lowest BCUT2D eigenvalue weighted by Crippen LogP contribution is -2.40. The highest BCUT2D eigenvalue weighted by molar-refractivity contribution is 6.29. The second-order valence-corrected chi connectivity index (χ2v) is 4.15. The van der Waals surface area contributed by atoms with Gasteiger partial charge in [0.25, 0.3) is 11.5 Å². The first-order valence-corrected chi connectivity index (χ1v) is 5.11. The number of hydrogen-bond donors (Lipinski definition) is 1. The summed E-state index contributed by atoms with van der Waals surface area (Å²) in [4.78, 5) is 10.9. The molecule has 0 aromatic carbocycles. The molecule has 0 saturated heterocycles. The second kappa shape index (κ2) is 4.80. The molecule has 0 radical (unpaired) electrons. The molecule has 0 heterocycles. The van der Waals surface area contributed by atoms with E-state index in [1.54, 1.807) is 0 Å². The molecule has 0 bridgehead atoms. The van der Waals surface area contributed by atoms with Gasteiger partial charge < -0.3 is 5.32 Å². The highest BCUT2D eigenvalue weighted by Crippen LogP contribution is 2.23. The van der Waals surface area contributed by atoms with Crippen molar-refractivity contribution in [2.24, 2.45) is 5.92 Å². The summed E-state index contributed by atoms with van der Waals surface area (Å²) in [5, 5.41) is 2.59. The Bertz CT molecular complexity index is 178. The normalized spacial score (nSPS) is 31.0. The van der Waals surface area contributed by atoms with E-state index in [4.69, 9.17) is 11.6 Å². The number of rotatable bonds is 2. The van der Waals surface area contributed by atoms with E-state index in [0.717, 1.165) is 31.6 Å². The molecular weight excluding hydrogens is 193 g/mol. The highest BCUT2D eigenvalue weighted by atomic mass is 35.5. The van der Waals surface area contributed by atoms with Crippen LogP contribution in [0.25, 0.3) is 0 Å². The Kier molecular flexibility index (Phi) is 3.97. The Hall–Kier alpha value is -0.310. The van der Waals surface area contributed by atoms with E-state index in [1.807, 2.05) is 0 Å². The van der Waals surface area contributed by atoms with Crippen LogP contribution in [-0.2, 0) is 4.79 Å². The van der Waals surface area contributed by atoms with Crippen molar-refractivity contribution in [3.05, 3.63) is 0 Å². The third kappa shape index (κ3) is 3.51. The zero-order valence-electron chi connectivity index (χ0n) is 7.72. The third-order valence-electron chi connectivity index (χ3n) is 2.56. The molecule has 1 atom stereocenters. The Labute approximate surface area is 82.8 Å². The highest BCUT2D eigenvalue weighted by Gasteiger charge is 2.22. The molecule has 4 heteroatoms. The van der Waals surface area contributed by atoms with Gasteiger partial charge in [0.2, 0.25) is 0 Å². The van der Waals surface area contributed by atoms with Crippen molar-refractivity contribution in [1.29, 1.82) is 0 Å². The fourth-order valence-corrected chi connectivity index (χ4v) is 1.73. The SMILES string of the molecule is CC1CCC(NC(=O)C(F)Cl)CC1. The van der Waals surface area contributed by atoms with Crippen LogP contribution in [0.2, 0.25) is 0 Å². The molecule has 0 spiro atoms. The maximum atomic E-state index is 12.3. The number of hydrogen-bond acceptors (Lipinski definition) is 1. The van der Waals surface area contributed by atoms with Crippen LogP contribution in [0.3, 0.4) is 0 Å². The summed E-state index contributed by atoms with van der Waals surface area (Å²) in [5.74, 6) is 0.0338. The molecule has 1 fully saturated rings. The number of carbonyl (C=O) groups excluding carboxylic acids is 1. The molecule has 0 aliphatic heterocycles. The average molecular weight is 208 g/mol. The first-order valence-electron chi connectivity index (χ1n) is 4.68. The van der Waals surface area contributed by atoms with Crippen LogP contribution >= 0.6 is 11.6 Å². The minimum absolute atomic E-state index is 0.126. The molecule has 1 rings (SSSR count). The molecular formula is C9H15ClFNO. The summed E-state index contributed by atoms with van der Waals surface area (Å²) < 4.78 is 12.3. The van der Waals surface area contributed by atoms with Gasteiger partial charge in [-0.25, -0.2) is 4.39 Å². The van der Waals surface area contributed by atoms with Crippen molar-refractivity contribution in [1.82, 2.24) is 5.32 Å². The van der Waals surface area contributed by atoms with Crippen LogP contribution in [0, 0.1) is 5.92 Å². The standard InChI is InChI=1S/C9H15ClFNO/c1-6-2-4-7(5-3-6)12-9(13)8(10)11/h6-8H,2-5H2,1H3,(H,12,13). The molecule has 1 saturated carbocycles. The fourth-order valence-electron chi connectivity index (χ4n) is 1.67. The van der Waals surface area contributed by atoms with E-state index in [-0.39, 0.29) is 6.04 Å². The summed E-state index contributed by atoms with van der Waals surface area (Å²) in [5.41, 5.74) is -1.90. The van der Waals surface area contributed by atoms with Crippen LogP contribution in [0.15, 0.2) is 0 Å². The zero-order valence-corrected chi connectivity index (χ0v) is 8.48. The molecule has 1 N–H and O–H groups in total. The molecule has 0 aromatic rings. The van der Waals surface area contributed by atoms with Gasteiger partial charge in [0.05, 0.1) is 0 Å². The van der Waals surface area contributed by atoms with Crippen LogP contribution in [0.5, 0.6) is 0 Å². The van der Waals surface area contributed by atoms with E-state index >= 15 is 0 Å². The Morgan fingerprint density at radius 2 is 2.00 bits per heavy atom. The predicted octanol–water partition coefficient (Wildman–Crippen LogP) is 2.22. The number of nitrogens with one attached hydrogen (secondary N) is 1. The summed E-state index contributed by atoms with van der Waals surface area (Å²) in [6, 6.07) is 0.126. The summed E-state index contributed by atoms with van der Waals surface area (Å²) in [7, 11) is 0. The van der Waals surface area contributed by atoms with Crippen molar-refractivity contribution < 1.29 is 9.18 Å². The van der Waals surface area contributed by atoms with Crippen molar-refractivity contribution in [3.63, 3.8) is 0 Å². The van der Waals surface area contributed by atoms with E-state index in [2.05, 4.69) is 12.2 Å². The summed E-state index contributed by atoms with van der Waals surface area (Å²) in [6.07, 6.45) is 4.08.